The van der Waals surface area contributed by atoms with E-state index in [1.807, 2.05) is 0 Å². The molecule has 0 radical (unpaired) electrons. The third-order valence-corrected chi connectivity index (χ3v) is 7.00. The zero-order valence-electron chi connectivity index (χ0n) is 14.6. The number of carbonyl (C=O) groups excluding carboxylic acids is 1. The van der Waals surface area contributed by atoms with Crippen LogP contribution in [0.25, 0.3) is 0 Å². The molecule has 2 aliphatic rings. The van der Waals surface area contributed by atoms with E-state index in [0.29, 0.717) is 31.2 Å². The Hall–Kier alpha value is -1.58. The molecule has 144 valence electrons. The lowest BCUT2D eigenvalue weighted by molar-refractivity contribution is -0.129. The summed E-state index contributed by atoms with van der Waals surface area (Å²) in [6.07, 6.45) is 2.89. The summed E-state index contributed by atoms with van der Waals surface area (Å²) in [6.45, 7) is 0.526. The number of nitrogens with zero attached hydrogens (tertiary/aromatic N) is 1. The Labute approximate surface area is 152 Å². The van der Waals surface area contributed by atoms with Gasteiger partial charge in [-0.05, 0) is 38.2 Å². The molecular weight excluding hydrogens is 364 g/mol. The zero-order valence-corrected chi connectivity index (χ0v) is 15.4. The average molecular weight is 387 g/mol. The maximum atomic E-state index is 14.2. The van der Waals surface area contributed by atoms with Gasteiger partial charge in [-0.25, -0.2) is 13.5 Å². The van der Waals surface area contributed by atoms with Gasteiger partial charge in [0.15, 0.2) is 0 Å². The van der Waals surface area contributed by atoms with Crippen molar-refractivity contribution in [3.05, 3.63) is 35.4 Å². The Bertz CT molecular complexity index is 788. The Balaban J connectivity index is 1.67. The summed E-state index contributed by atoms with van der Waals surface area (Å²) >= 11 is 0. The minimum atomic E-state index is -3.49. The number of nitrogens with one attached hydrogen (secondary N) is 2. The van der Waals surface area contributed by atoms with E-state index in [0.717, 1.165) is 12.5 Å². The third-order valence-electron chi connectivity index (χ3n) is 5.44. The molecule has 26 heavy (non-hydrogen) atoms. The molecule has 1 aliphatic heterocycles. The van der Waals surface area contributed by atoms with Gasteiger partial charge in [0.05, 0.1) is 5.54 Å². The third kappa shape index (κ3) is 3.60. The first-order chi connectivity index (χ1) is 12.3. The van der Waals surface area contributed by atoms with Gasteiger partial charge in [-0.1, -0.05) is 6.07 Å². The van der Waals surface area contributed by atoms with Crippen LogP contribution in [0.2, 0.25) is 0 Å². The Morgan fingerprint density at radius 2 is 1.88 bits per heavy atom. The normalized spacial score (nSPS) is 21.2. The van der Waals surface area contributed by atoms with Gasteiger partial charge in [-0.2, -0.15) is 12.7 Å². The molecule has 1 aromatic carbocycles. The highest BCUT2D eigenvalue weighted by molar-refractivity contribution is 7.87. The van der Waals surface area contributed by atoms with Crippen molar-refractivity contribution >= 4 is 16.1 Å². The number of benzene rings is 1. The van der Waals surface area contributed by atoms with Crippen molar-refractivity contribution in [2.45, 2.75) is 37.6 Å². The summed E-state index contributed by atoms with van der Waals surface area (Å²) in [7, 11) is -2.13. The highest BCUT2D eigenvalue weighted by Crippen LogP contribution is 2.43. The van der Waals surface area contributed by atoms with Crippen molar-refractivity contribution in [3.8, 4) is 0 Å². The quantitative estimate of drug-likeness (QED) is 0.806. The minimum Gasteiger partial charge on any atom is -0.346 e. The van der Waals surface area contributed by atoms with Crippen LogP contribution in [-0.2, 0) is 20.5 Å². The number of rotatable bonds is 5. The van der Waals surface area contributed by atoms with Crippen molar-refractivity contribution in [2.75, 3.05) is 20.1 Å². The number of carbonyl (C=O) groups is 1. The highest BCUT2D eigenvalue weighted by Gasteiger charge is 2.43. The molecule has 9 heteroatoms. The molecule has 3 rings (SSSR count). The molecular formula is C17H23F2N3O3S. The monoisotopic (exact) mass is 387 g/mol. The van der Waals surface area contributed by atoms with Gasteiger partial charge in [-0.3, -0.25) is 4.79 Å². The van der Waals surface area contributed by atoms with E-state index in [1.54, 1.807) is 0 Å². The predicted octanol–water partition coefficient (Wildman–Crippen LogP) is 1.64. The number of hydrogen-bond donors (Lipinski definition) is 2. The summed E-state index contributed by atoms with van der Waals surface area (Å²) in [5.41, 5.74) is -0.475. The highest BCUT2D eigenvalue weighted by atomic mass is 32.2. The standard InChI is InChI=1S/C17H23F2N3O3S/c1-20-26(24,25)22-9-5-12(6-10-22)16(23)21-17(7-2-8-17)14-4-3-13(18)11-15(14)19/h3-4,11-12,20H,2,5-10H2,1H3,(H,21,23). The van der Waals surface area contributed by atoms with Crippen LogP contribution in [0.4, 0.5) is 8.78 Å². The number of piperidine rings is 1. The second-order valence-corrected chi connectivity index (χ2v) is 8.81. The molecule has 1 heterocycles. The van der Waals surface area contributed by atoms with Crippen LogP contribution < -0.4 is 10.0 Å². The summed E-state index contributed by atoms with van der Waals surface area (Å²) < 4.78 is 54.6. The fraction of sp³-hybridized carbons (Fsp3) is 0.588. The van der Waals surface area contributed by atoms with Crippen molar-refractivity contribution in [2.24, 2.45) is 5.92 Å². The van der Waals surface area contributed by atoms with Gasteiger partial charge in [0.1, 0.15) is 11.6 Å². The van der Waals surface area contributed by atoms with Crippen molar-refractivity contribution < 1.29 is 22.0 Å². The lowest BCUT2D eigenvalue weighted by Crippen LogP contribution is -2.54. The van der Waals surface area contributed by atoms with Crippen LogP contribution >= 0.6 is 0 Å². The number of halogens is 2. The molecule has 1 amide bonds. The van der Waals surface area contributed by atoms with Gasteiger partial charge in [-0.15, -0.1) is 0 Å². The van der Waals surface area contributed by atoms with Crippen LogP contribution in [0.3, 0.4) is 0 Å². The van der Waals surface area contributed by atoms with Gasteiger partial charge in [0, 0.05) is 37.7 Å². The van der Waals surface area contributed by atoms with Crippen LogP contribution in [0.5, 0.6) is 0 Å². The maximum Gasteiger partial charge on any atom is 0.279 e. The average Bonchev–Trinajstić information content (AvgIpc) is 2.58. The molecule has 1 saturated carbocycles. The number of hydrogen-bond acceptors (Lipinski definition) is 3. The first-order valence-electron chi connectivity index (χ1n) is 8.73. The molecule has 6 nitrogen and oxygen atoms in total. The second-order valence-electron chi connectivity index (χ2n) is 6.93. The van der Waals surface area contributed by atoms with E-state index >= 15 is 0 Å². The molecule has 1 aliphatic carbocycles. The first-order valence-corrected chi connectivity index (χ1v) is 10.2. The van der Waals surface area contributed by atoms with Crippen molar-refractivity contribution in [1.82, 2.24) is 14.3 Å². The van der Waals surface area contributed by atoms with Crippen LogP contribution in [0.15, 0.2) is 18.2 Å². The molecule has 2 fully saturated rings. The van der Waals surface area contributed by atoms with Crippen LogP contribution in [0, 0.1) is 17.6 Å². The van der Waals surface area contributed by atoms with Gasteiger partial charge in [0.25, 0.3) is 10.2 Å². The Kier molecular flexibility index (Phi) is 5.32. The van der Waals surface area contributed by atoms with E-state index in [4.69, 9.17) is 0 Å². The molecule has 0 aromatic heterocycles. The van der Waals surface area contributed by atoms with Gasteiger partial charge >= 0.3 is 0 Å². The van der Waals surface area contributed by atoms with E-state index in [2.05, 4.69) is 10.0 Å². The van der Waals surface area contributed by atoms with E-state index in [9.17, 15) is 22.0 Å². The first kappa shape index (κ1) is 19.2. The van der Waals surface area contributed by atoms with E-state index in [-0.39, 0.29) is 24.9 Å². The number of amides is 1. The van der Waals surface area contributed by atoms with Crippen LogP contribution in [0.1, 0.15) is 37.7 Å². The lowest BCUT2D eigenvalue weighted by atomic mass is 9.71. The second kappa shape index (κ2) is 7.21. The van der Waals surface area contributed by atoms with E-state index in [1.165, 1.54) is 23.5 Å². The fourth-order valence-electron chi connectivity index (χ4n) is 3.69. The molecule has 2 N–H and O–H groups in total. The molecule has 0 atom stereocenters. The summed E-state index contributed by atoms with van der Waals surface area (Å²) in [5.74, 6) is -1.82. The zero-order chi connectivity index (χ0) is 18.9. The van der Waals surface area contributed by atoms with Crippen molar-refractivity contribution in [3.63, 3.8) is 0 Å². The predicted molar refractivity (Wildman–Crippen MR) is 92.3 cm³/mol. The fourth-order valence-corrected chi connectivity index (χ4v) is 4.64. The summed E-state index contributed by atoms with van der Waals surface area (Å²) in [4.78, 5) is 12.7. The summed E-state index contributed by atoms with van der Waals surface area (Å²) in [6, 6.07) is 3.43. The SMILES string of the molecule is CNS(=O)(=O)N1CCC(C(=O)NC2(c3ccc(F)cc3F)CCC2)CC1. The maximum absolute atomic E-state index is 14.2. The van der Waals surface area contributed by atoms with Crippen LogP contribution in [-0.4, -0.2) is 38.8 Å². The van der Waals surface area contributed by atoms with Gasteiger partial charge in [0.2, 0.25) is 5.91 Å². The smallest absolute Gasteiger partial charge is 0.279 e. The lowest BCUT2D eigenvalue weighted by Gasteiger charge is -2.44. The molecule has 0 unspecified atom stereocenters. The molecule has 1 saturated heterocycles. The van der Waals surface area contributed by atoms with Crippen molar-refractivity contribution in [1.29, 1.82) is 0 Å². The summed E-state index contributed by atoms with van der Waals surface area (Å²) in [5, 5.41) is 2.96. The van der Waals surface area contributed by atoms with Gasteiger partial charge < -0.3 is 5.32 Å². The Morgan fingerprint density at radius 3 is 2.38 bits per heavy atom. The van der Waals surface area contributed by atoms with E-state index < -0.39 is 27.4 Å². The molecule has 0 spiro atoms. The topological polar surface area (TPSA) is 78.5 Å². The Morgan fingerprint density at radius 1 is 1.23 bits per heavy atom. The molecule has 0 bridgehead atoms. The molecule has 1 aromatic rings. The largest absolute Gasteiger partial charge is 0.346 e. The minimum absolute atomic E-state index is 0.199.